The second-order valence-corrected chi connectivity index (χ2v) is 25.9. The van der Waals surface area contributed by atoms with E-state index in [0.29, 0.717) is 0 Å². The average molecular weight is 980 g/mol. The van der Waals surface area contributed by atoms with E-state index in [1.165, 1.54) is 38.9 Å². The molecular weight excluding hydrogens is 905 g/mol. The summed E-state index contributed by atoms with van der Waals surface area (Å²) in [6.07, 6.45) is 0. The lowest BCUT2D eigenvalue weighted by atomic mass is 9.75. The zero-order chi connectivity index (χ0) is 50.2. The minimum atomic E-state index is -0.403. The molecule has 0 radical (unpaired) electrons. The molecule has 0 aliphatic heterocycles. The van der Waals surface area contributed by atoms with Crippen LogP contribution >= 0.6 is 15.9 Å². The minimum absolute atomic E-state index is 0.0452. The molecule has 0 N–H and O–H groups in total. The van der Waals surface area contributed by atoms with Crippen LogP contribution in [0.1, 0.15) is 157 Å². The third-order valence-electron chi connectivity index (χ3n) is 14.2. The van der Waals surface area contributed by atoms with E-state index >= 15 is 0 Å². The molecule has 0 unspecified atom stereocenters. The Morgan fingerprint density at radius 3 is 1.07 bits per heavy atom. The Kier molecular flexibility index (Phi) is 12.8. The molecular formula is C65H75BrN2O. The number of halogens is 1. The van der Waals surface area contributed by atoms with Crippen molar-refractivity contribution in [2.45, 2.75) is 150 Å². The van der Waals surface area contributed by atoms with Crippen molar-refractivity contribution in [3.8, 4) is 0 Å². The van der Waals surface area contributed by atoms with E-state index in [-0.39, 0.29) is 27.1 Å². The van der Waals surface area contributed by atoms with Crippen LogP contribution in [0.2, 0.25) is 0 Å². The first-order valence-electron chi connectivity index (χ1n) is 24.9. The third-order valence-corrected chi connectivity index (χ3v) is 15.1. The second-order valence-electron chi connectivity index (χ2n) is 25.1. The molecule has 1 aromatic heterocycles. The fraction of sp³-hybridized carbons (Fsp3) is 0.354. The Morgan fingerprint density at radius 1 is 0.319 bits per heavy atom. The van der Waals surface area contributed by atoms with Gasteiger partial charge in [0.1, 0.15) is 11.2 Å². The van der Waals surface area contributed by atoms with Crippen LogP contribution in [-0.2, 0) is 32.5 Å². The topological polar surface area (TPSA) is 19.6 Å². The maximum absolute atomic E-state index is 6.77. The highest BCUT2D eigenvalue weighted by atomic mass is 79.9. The van der Waals surface area contributed by atoms with Gasteiger partial charge < -0.3 is 14.2 Å². The molecule has 0 bridgehead atoms. The largest absolute Gasteiger partial charge is 0.456 e. The van der Waals surface area contributed by atoms with Crippen molar-refractivity contribution in [2.75, 3.05) is 9.80 Å². The quantitative estimate of drug-likeness (QED) is 0.151. The number of hydrogen-bond acceptors (Lipinski definition) is 3. The molecule has 0 saturated heterocycles. The highest BCUT2D eigenvalue weighted by Gasteiger charge is 2.32. The fourth-order valence-electron chi connectivity index (χ4n) is 9.43. The lowest BCUT2D eigenvalue weighted by Gasteiger charge is -2.35. The highest BCUT2D eigenvalue weighted by molar-refractivity contribution is 9.10. The molecule has 0 aliphatic rings. The zero-order valence-electron chi connectivity index (χ0n) is 44.5. The number of rotatable bonds is 8. The van der Waals surface area contributed by atoms with Gasteiger partial charge in [0, 0.05) is 55.2 Å². The number of anilines is 6. The van der Waals surface area contributed by atoms with Crippen LogP contribution in [-0.4, -0.2) is 0 Å². The number of hydrogen-bond donors (Lipinski definition) is 0. The van der Waals surface area contributed by atoms with Gasteiger partial charge in [0.25, 0.3) is 0 Å². The van der Waals surface area contributed by atoms with Crippen molar-refractivity contribution in [1.29, 1.82) is 0 Å². The zero-order valence-corrected chi connectivity index (χ0v) is 46.1. The van der Waals surface area contributed by atoms with Crippen molar-refractivity contribution in [3.05, 3.63) is 189 Å². The predicted molar refractivity (Wildman–Crippen MR) is 303 cm³/mol. The van der Waals surface area contributed by atoms with Gasteiger partial charge in [-0.25, -0.2) is 0 Å². The molecule has 8 rings (SSSR count). The van der Waals surface area contributed by atoms with Gasteiger partial charge in [-0.05, 0) is 161 Å². The Bertz CT molecular complexity index is 3000. The number of fused-ring (bicyclic) bond motifs is 3. The maximum Gasteiger partial charge on any atom is 0.137 e. The van der Waals surface area contributed by atoms with Crippen molar-refractivity contribution in [2.24, 2.45) is 0 Å². The lowest BCUT2D eigenvalue weighted by molar-refractivity contribution is 0.581. The van der Waals surface area contributed by atoms with E-state index in [9.17, 15) is 0 Å². The SMILES string of the molecule is CC(C)(C)c1ccc(N(c2ccc(C(C)(C)C)cc2)c2ccc3c(c2)oc2ccc(C(C)(C)c4cc(C(C)(C)C)cc(N(c5ccc(C(C)(C)C)cc5)c5ccc(C(C)(C)C)cc5)c4Br)cc23)cc1. The summed E-state index contributed by atoms with van der Waals surface area (Å²) < 4.78 is 7.85. The first kappa shape index (κ1) is 49.8. The van der Waals surface area contributed by atoms with Crippen LogP contribution in [0.15, 0.2) is 154 Å². The molecule has 69 heavy (non-hydrogen) atoms. The molecule has 0 fully saturated rings. The van der Waals surface area contributed by atoms with Gasteiger partial charge in [-0.3, -0.25) is 0 Å². The number of benzene rings is 7. The summed E-state index contributed by atoms with van der Waals surface area (Å²) >= 11 is 4.31. The Labute approximate surface area is 423 Å². The predicted octanol–water partition coefficient (Wildman–Crippen LogP) is 20.1. The molecule has 0 amide bonds. The third kappa shape index (κ3) is 10.1. The van der Waals surface area contributed by atoms with Crippen LogP contribution < -0.4 is 9.80 Å². The van der Waals surface area contributed by atoms with E-state index in [2.05, 4.69) is 289 Å². The molecule has 0 saturated carbocycles. The average Bonchev–Trinajstić information content (AvgIpc) is 3.63. The van der Waals surface area contributed by atoms with Gasteiger partial charge in [-0.2, -0.15) is 0 Å². The van der Waals surface area contributed by atoms with Crippen molar-refractivity contribution < 1.29 is 4.42 Å². The molecule has 358 valence electrons. The van der Waals surface area contributed by atoms with Gasteiger partial charge in [0.15, 0.2) is 0 Å². The van der Waals surface area contributed by atoms with Crippen LogP contribution in [0, 0.1) is 0 Å². The normalized spacial score (nSPS) is 13.1. The summed E-state index contributed by atoms with van der Waals surface area (Å²) in [5, 5.41) is 2.21. The monoisotopic (exact) mass is 979 g/mol. The molecule has 8 aromatic rings. The van der Waals surface area contributed by atoms with Gasteiger partial charge in [-0.15, -0.1) is 0 Å². The molecule has 4 heteroatoms. The number of nitrogens with zero attached hydrogens (tertiary/aromatic N) is 2. The molecule has 1 heterocycles. The van der Waals surface area contributed by atoms with Crippen LogP contribution in [0.5, 0.6) is 0 Å². The van der Waals surface area contributed by atoms with E-state index < -0.39 is 5.41 Å². The Balaban J connectivity index is 1.25. The summed E-state index contributed by atoms with van der Waals surface area (Å²) in [6, 6.07) is 54.7. The first-order valence-corrected chi connectivity index (χ1v) is 25.6. The molecule has 0 spiro atoms. The van der Waals surface area contributed by atoms with E-state index in [0.717, 1.165) is 60.5 Å². The summed E-state index contributed by atoms with van der Waals surface area (Å²) in [5.74, 6) is 0. The molecule has 0 aliphatic carbocycles. The van der Waals surface area contributed by atoms with Gasteiger partial charge in [-0.1, -0.05) is 178 Å². The summed E-state index contributed by atoms with van der Waals surface area (Å²) in [4.78, 5) is 4.78. The van der Waals surface area contributed by atoms with Crippen molar-refractivity contribution >= 4 is 72.0 Å². The second kappa shape index (κ2) is 17.7. The fourth-order valence-corrected chi connectivity index (χ4v) is 10.3. The van der Waals surface area contributed by atoms with Crippen molar-refractivity contribution in [3.63, 3.8) is 0 Å². The van der Waals surface area contributed by atoms with E-state index in [1.54, 1.807) is 0 Å². The number of furan rings is 1. The first-order chi connectivity index (χ1) is 32.0. The van der Waals surface area contributed by atoms with Crippen LogP contribution in [0.25, 0.3) is 21.9 Å². The Morgan fingerprint density at radius 2 is 0.681 bits per heavy atom. The standard InChI is InChI=1S/C65H75BrN2O/c1-60(2,3)42-18-27-48(28-19-42)67(49-29-20-43(21-30-49)61(4,5)6)52-35-36-53-54-38-46(26-37-57(54)69-58(53)41-52)65(16,17)55-39-47(64(13,14)15)40-56(59(55)66)68(50-31-22-44(23-32-50)62(7,8)9)51-33-24-45(25-34-51)63(10,11)12/h18-41H,1-17H3. The van der Waals surface area contributed by atoms with E-state index in [4.69, 9.17) is 4.42 Å². The molecule has 7 aromatic carbocycles. The highest BCUT2D eigenvalue weighted by Crippen LogP contribution is 2.49. The minimum Gasteiger partial charge on any atom is -0.456 e. The maximum atomic E-state index is 6.77. The van der Waals surface area contributed by atoms with Gasteiger partial charge in [0.2, 0.25) is 0 Å². The van der Waals surface area contributed by atoms with Crippen LogP contribution in [0.4, 0.5) is 34.1 Å². The lowest BCUT2D eigenvalue weighted by Crippen LogP contribution is -2.23. The van der Waals surface area contributed by atoms with Crippen molar-refractivity contribution in [1.82, 2.24) is 0 Å². The van der Waals surface area contributed by atoms with E-state index in [1.807, 2.05) is 0 Å². The Hall–Kier alpha value is -5.58. The summed E-state index contributed by atoms with van der Waals surface area (Å²) in [5.41, 5.74) is 17.0. The smallest absolute Gasteiger partial charge is 0.137 e. The van der Waals surface area contributed by atoms with Gasteiger partial charge in [0.05, 0.1) is 5.69 Å². The molecule has 0 atom stereocenters. The summed E-state index contributed by atoms with van der Waals surface area (Å²) in [6.45, 7) is 38.9. The summed E-state index contributed by atoms with van der Waals surface area (Å²) in [7, 11) is 0. The van der Waals surface area contributed by atoms with Crippen LogP contribution in [0.3, 0.4) is 0 Å². The van der Waals surface area contributed by atoms with Gasteiger partial charge >= 0.3 is 0 Å². The molecule has 3 nitrogen and oxygen atoms in total.